The van der Waals surface area contributed by atoms with E-state index < -0.39 is 0 Å². The van der Waals surface area contributed by atoms with E-state index in [9.17, 15) is 14.4 Å². The number of likely N-dealkylation sites (tertiary alicyclic amines) is 1. The number of imide groups is 1. The SMILES string of the molecule is O=C(CN1CCC(c2nc3ccccc3s2)CC1)NCCN1C(=O)CSC1=O. The topological polar surface area (TPSA) is 82.6 Å². The van der Waals surface area contributed by atoms with E-state index in [1.165, 1.54) is 14.6 Å². The van der Waals surface area contributed by atoms with Gasteiger partial charge in [0.25, 0.3) is 5.24 Å². The number of hydrogen-bond acceptors (Lipinski definition) is 7. The van der Waals surface area contributed by atoms with Crippen LogP contribution in [-0.4, -0.2) is 70.3 Å². The number of benzene rings is 1. The predicted molar refractivity (Wildman–Crippen MR) is 111 cm³/mol. The molecular formula is C19H22N4O3S2. The third-order valence-corrected chi connectivity index (χ3v) is 7.17. The molecule has 0 radical (unpaired) electrons. The molecular weight excluding hydrogens is 396 g/mol. The van der Waals surface area contributed by atoms with Gasteiger partial charge in [0.2, 0.25) is 11.8 Å². The van der Waals surface area contributed by atoms with Crippen molar-refractivity contribution < 1.29 is 14.4 Å². The molecule has 2 aromatic rings. The second-order valence-electron chi connectivity index (χ2n) is 7.02. The maximum Gasteiger partial charge on any atom is 0.288 e. The number of carbonyl (C=O) groups excluding carboxylic acids is 3. The molecule has 2 saturated heterocycles. The molecule has 148 valence electrons. The summed E-state index contributed by atoms with van der Waals surface area (Å²) in [5.74, 6) is 0.420. The zero-order chi connectivity index (χ0) is 19.5. The number of nitrogens with zero attached hydrogens (tertiary/aromatic N) is 3. The third kappa shape index (κ3) is 4.37. The highest BCUT2D eigenvalue weighted by atomic mass is 32.2. The fourth-order valence-corrected chi connectivity index (χ4v) is 5.45. The highest BCUT2D eigenvalue weighted by Crippen LogP contribution is 2.33. The number of hydrogen-bond donors (Lipinski definition) is 1. The number of carbonyl (C=O) groups is 3. The third-order valence-electron chi connectivity index (χ3n) is 5.11. The second-order valence-corrected chi connectivity index (χ2v) is 9.01. The van der Waals surface area contributed by atoms with Crippen LogP contribution in [0.25, 0.3) is 10.2 Å². The van der Waals surface area contributed by atoms with Crippen LogP contribution in [0.5, 0.6) is 0 Å². The van der Waals surface area contributed by atoms with Gasteiger partial charge in [0.15, 0.2) is 0 Å². The van der Waals surface area contributed by atoms with Crippen LogP contribution < -0.4 is 5.32 Å². The smallest absolute Gasteiger partial charge is 0.288 e. The van der Waals surface area contributed by atoms with Gasteiger partial charge < -0.3 is 5.32 Å². The first-order valence-electron chi connectivity index (χ1n) is 9.42. The van der Waals surface area contributed by atoms with Crippen LogP contribution in [0.4, 0.5) is 4.79 Å². The van der Waals surface area contributed by atoms with Crippen LogP contribution in [-0.2, 0) is 9.59 Å². The molecule has 0 aliphatic carbocycles. The number of thioether (sulfide) groups is 1. The standard InChI is InChI=1S/C19H22N4O3S2/c24-16(20-7-10-23-17(25)12-27-19(23)26)11-22-8-5-13(6-9-22)18-21-14-3-1-2-4-15(14)28-18/h1-4,13H,5-12H2,(H,20,24). The lowest BCUT2D eigenvalue weighted by Gasteiger charge is -2.30. The monoisotopic (exact) mass is 418 g/mol. The van der Waals surface area contributed by atoms with E-state index in [1.54, 1.807) is 11.3 Å². The van der Waals surface area contributed by atoms with Crippen LogP contribution in [0.3, 0.4) is 0 Å². The number of rotatable bonds is 6. The average molecular weight is 419 g/mol. The zero-order valence-corrected chi connectivity index (χ0v) is 17.1. The predicted octanol–water partition coefficient (Wildman–Crippen LogP) is 2.29. The number of piperidine rings is 1. The Kier molecular flexibility index (Phi) is 5.93. The van der Waals surface area contributed by atoms with Gasteiger partial charge in [-0.05, 0) is 38.1 Å². The number of para-hydroxylation sites is 1. The van der Waals surface area contributed by atoms with E-state index in [1.807, 2.05) is 12.1 Å². The van der Waals surface area contributed by atoms with Gasteiger partial charge >= 0.3 is 0 Å². The quantitative estimate of drug-likeness (QED) is 0.775. The zero-order valence-electron chi connectivity index (χ0n) is 15.4. The van der Waals surface area contributed by atoms with Crippen LogP contribution >= 0.6 is 23.1 Å². The Bertz CT molecular complexity index is 843. The van der Waals surface area contributed by atoms with Gasteiger partial charge in [-0.1, -0.05) is 23.9 Å². The van der Waals surface area contributed by atoms with Crippen molar-refractivity contribution >= 4 is 50.4 Å². The van der Waals surface area contributed by atoms with Gasteiger partial charge in [-0.15, -0.1) is 11.3 Å². The summed E-state index contributed by atoms with van der Waals surface area (Å²) in [7, 11) is 0. The summed E-state index contributed by atoms with van der Waals surface area (Å²) >= 11 is 2.78. The number of aromatic nitrogens is 1. The molecule has 0 spiro atoms. The average Bonchev–Trinajstić information content (AvgIpc) is 3.27. The summed E-state index contributed by atoms with van der Waals surface area (Å²) < 4.78 is 1.23. The molecule has 0 bridgehead atoms. The minimum absolute atomic E-state index is 0.0646. The molecule has 1 N–H and O–H groups in total. The fraction of sp³-hybridized carbons (Fsp3) is 0.474. The van der Waals surface area contributed by atoms with Crippen molar-refractivity contribution in [2.75, 3.05) is 38.5 Å². The first-order valence-corrected chi connectivity index (χ1v) is 11.2. The van der Waals surface area contributed by atoms with Gasteiger partial charge in [0, 0.05) is 19.0 Å². The Morgan fingerprint density at radius 3 is 2.71 bits per heavy atom. The van der Waals surface area contributed by atoms with Crippen molar-refractivity contribution in [3.05, 3.63) is 29.3 Å². The summed E-state index contributed by atoms with van der Waals surface area (Å²) in [6, 6.07) is 8.22. The van der Waals surface area contributed by atoms with E-state index in [0.717, 1.165) is 43.2 Å². The Hall–Kier alpha value is -1.97. The van der Waals surface area contributed by atoms with Crippen molar-refractivity contribution in [1.29, 1.82) is 0 Å². The summed E-state index contributed by atoms with van der Waals surface area (Å²) in [5, 5.41) is 3.78. The molecule has 2 fully saturated rings. The van der Waals surface area contributed by atoms with E-state index in [4.69, 9.17) is 4.98 Å². The Morgan fingerprint density at radius 2 is 2.00 bits per heavy atom. The van der Waals surface area contributed by atoms with Crippen molar-refractivity contribution in [2.45, 2.75) is 18.8 Å². The molecule has 0 saturated carbocycles. The molecule has 9 heteroatoms. The summed E-state index contributed by atoms with van der Waals surface area (Å²) in [5.41, 5.74) is 1.07. The van der Waals surface area contributed by atoms with Crippen LogP contribution in [0.15, 0.2) is 24.3 Å². The molecule has 1 aromatic carbocycles. The lowest BCUT2D eigenvalue weighted by atomic mass is 9.97. The molecule has 3 heterocycles. The number of thiazole rings is 1. The molecule has 0 atom stereocenters. The molecule has 3 amide bonds. The van der Waals surface area contributed by atoms with Crippen molar-refractivity contribution in [3.63, 3.8) is 0 Å². The van der Waals surface area contributed by atoms with Crippen molar-refractivity contribution in [1.82, 2.24) is 20.1 Å². The molecule has 1 aromatic heterocycles. The van der Waals surface area contributed by atoms with Crippen molar-refractivity contribution in [3.8, 4) is 0 Å². The maximum absolute atomic E-state index is 12.2. The Morgan fingerprint density at radius 1 is 1.21 bits per heavy atom. The first-order chi connectivity index (χ1) is 13.6. The van der Waals surface area contributed by atoms with E-state index in [0.29, 0.717) is 19.0 Å². The molecule has 2 aliphatic heterocycles. The van der Waals surface area contributed by atoms with E-state index >= 15 is 0 Å². The number of nitrogens with one attached hydrogen (secondary N) is 1. The van der Waals surface area contributed by atoms with Crippen LogP contribution in [0, 0.1) is 0 Å². The van der Waals surface area contributed by atoms with Gasteiger partial charge in [0.05, 0.1) is 27.5 Å². The maximum atomic E-state index is 12.2. The van der Waals surface area contributed by atoms with Crippen LogP contribution in [0.2, 0.25) is 0 Å². The fourth-order valence-electron chi connectivity index (χ4n) is 3.57. The normalized spacial score (nSPS) is 18.9. The Labute approximate surface area is 171 Å². The highest BCUT2D eigenvalue weighted by Gasteiger charge is 2.29. The minimum atomic E-state index is -0.226. The van der Waals surface area contributed by atoms with Gasteiger partial charge in [-0.3, -0.25) is 24.2 Å². The lowest BCUT2D eigenvalue weighted by Crippen LogP contribution is -2.43. The molecule has 2 aliphatic rings. The van der Waals surface area contributed by atoms with Gasteiger partial charge in [0.1, 0.15) is 0 Å². The minimum Gasteiger partial charge on any atom is -0.353 e. The molecule has 0 unspecified atom stereocenters. The summed E-state index contributed by atoms with van der Waals surface area (Å²) in [6.45, 7) is 2.64. The van der Waals surface area contributed by atoms with Gasteiger partial charge in [-0.25, -0.2) is 4.98 Å². The second kappa shape index (κ2) is 8.59. The number of fused-ring (bicyclic) bond motifs is 1. The van der Waals surface area contributed by atoms with Crippen LogP contribution in [0.1, 0.15) is 23.8 Å². The van der Waals surface area contributed by atoms with E-state index in [2.05, 4.69) is 22.3 Å². The van der Waals surface area contributed by atoms with Crippen molar-refractivity contribution in [2.24, 2.45) is 0 Å². The summed E-state index contributed by atoms with van der Waals surface area (Å²) in [4.78, 5) is 43.4. The molecule has 7 nitrogen and oxygen atoms in total. The summed E-state index contributed by atoms with van der Waals surface area (Å²) in [6.07, 6.45) is 2.00. The lowest BCUT2D eigenvalue weighted by molar-refractivity contribution is -0.126. The molecule has 4 rings (SSSR count). The largest absolute Gasteiger partial charge is 0.353 e. The van der Waals surface area contributed by atoms with Gasteiger partial charge in [-0.2, -0.15) is 0 Å². The van der Waals surface area contributed by atoms with E-state index in [-0.39, 0.29) is 29.4 Å². The first kappa shape index (κ1) is 19.4. The molecule has 28 heavy (non-hydrogen) atoms. The Balaban J connectivity index is 1.20. The highest BCUT2D eigenvalue weighted by molar-refractivity contribution is 8.14. The number of amides is 3.